The Morgan fingerprint density at radius 2 is 1.52 bits per heavy atom. The van der Waals surface area contributed by atoms with E-state index in [-0.39, 0.29) is 11.6 Å². The molecule has 0 spiro atoms. The second-order valence-electron chi connectivity index (χ2n) is 5.20. The second kappa shape index (κ2) is 6.67. The van der Waals surface area contributed by atoms with Gasteiger partial charge in [-0.1, -0.05) is 47.7 Å². The lowest BCUT2D eigenvalue weighted by Gasteiger charge is -2.14. The molecule has 3 nitrogen and oxygen atoms in total. The first-order chi connectivity index (χ1) is 11.1. The summed E-state index contributed by atoms with van der Waals surface area (Å²) in [5.74, 6) is -0.350. The van der Waals surface area contributed by atoms with Crippen molar-refractivity contribution in [2.75, 3.05) is 5.32 Å². The van der Waals surface area contributed by atoms with Crippen LogP contribution in [0.1, 0.15) is 5.56 Å². The van der Waals surface area contributed by atoms with Crippen LogP contribution in [0, 0.1) is 6.92 Å². The van der Waals surface area contributed by atoms with Gasteiger partial charge in [0.05, 0.1) is 10.6 Å². The van der Waals surface area contributed by atoms with Gasteiger partial charge in [0, 0.05) is 22.7 Å². The Balaban J connectivity index is 1.74. The van der Waals surface area contributed by atoms with Gasteiger partial charge in [0.15, 0.2) is 5.78 Å². The lowest BCUT2D eigenvalue weighted by molar-refractivity contribution is -0.114. The highest BCUT2D eigenvalue weighted by atomic mass is 32.2. The number of carbonyl (C=O) groups excluding carboxylic acids is 2. The minimum absolute atomic E-state index is 0.159. The molecule has 0 saturated carbocycles. The van der Waals surface area contributed by atoms with Gasteiger partial charge in [-0.15, -0.1) is 0 Å². The van der Waals surface area contributed by atoms with Crippen molar-refractivity contribution in [3.8, 4) is 0 Å². The Morgan fingerprint density at radius 3 is 2.22 bits per heavy atom. The number of aryl methyl sites for hydroxylation is 1. The van der Waals surface area contributed by atoms with Crippen LogP contribution in [0.15, 0.2) is 82.2 Å². The monoisotopic (exact) mass is 321 g/mol. The quantitative estimate of drug-likeness (QED) is 0.861. The molecule has 0 aliphatic heterocycles. The predicted octanol–water partition coefficient (Wildman–Crippen LogP) is 4.12. The number of hydrogen-bond acceptors (Lipinski definition) is 4. The Morgan fingerprint density at radius 1 is 0.826 bits per heavy atom. The van der Waals surface area contributed by atoms with Crippen LogP contribution in [0.3, 0.4) is 0 Å². The summed E-state index contributed by atoms with van der Waals surface area (Å²) in [6.45, 7) is 1.99. The summed E-state index contributed by atoms with van der Waals surface area (Å²) in [4.78, 5) is 25.9. The average molecular weight is 321 g/mol. The van der Waals surface area contributed by atoms with E-state index in [0.717, 1.165) is 16.1 Å². The summed E-state index contributed by atoms with van der Waals surface area (Å²) < 4.78 is 0. The Hall–Kier alpha value is -2.59. The lowest BCUT2D eigenvalue weighted by Crippen LogP contribution is -2.17. The van der Waals surface area contributed by atoms with Crippen molar-refractivity contribution in [3.05, 3.63) is 82.9 Å². The third kappa shape index (κ3) is 3.79. The molecular formula is C19H15NO2S. The SMILES string of the molecule is Cc1ccc(NC2=CC(=O)C(Sc3ccccc3)=CC2=O)cc1. The number of allylic oxidation sites excluding steroid dienone is 3. The van der Waals surface area contributed by atoms with Crippen LogP contribution in [0.5, 0.6) is 0 Å². The molecule has 23 heavy (non-hydrogen) atoms. The minimum Gasteiger partial charge on any atom is -0.352 e. The van der Waals surface area contributed by atoms with Crippen LogP contribution in [0.25, 0.3) is 0 Å². The molecule has 0 bridgehead atoms. The van der Waals surface area contributed by atoms with Crippen LogP contribution < -0.4 is 5.32 Å². The molecule has 2 aromatic rings. The molecule has 0 unspecified atom stereocenters. The van der Waals surface area contributed by atoms with E-state index in [0.29, 0.717) is 10.6 Å². The van der Waals surface area contributed by atoms with Crippen molar-refractivity contribution in [3.63, 3.8) is 0 Å². The summed E-state index contributed by atoms with van der Waals surface area (Å²) in [7, 11) is 0. The molecule has 0 saturated heterocycles. The van der Waals surface area contributed by atoms with Crippen molar-refractivity contribution >= 4 is 29.0 Å². The minimum atomic E-state index is -0.191. The normalized spacial score (nSPS) is 14.3. The molecule has 4 heteroatoms. The Bertz CT molecular complexity index is 805. The van der Waals surface area contributed by atoms with E-state index in [1.807, 2.05) is 61.5 Å². The van der Waals surface area contributed by atoms with Crippen molar-refractivity contribution in [1.82, 2.24) is 0 Å². The molecule has 0 aromatic heterocycles. The summed E-state index contributed by atoms with van der Waals surface area (Å²) >= 11 is 1.31. The topological polar surface area (TPSA) is 46.2 Å². The van der Waals surface area contributed by atoms with Crippen LogP contribution in [-0.4, -0.2) is 11.6 Å². The van der Waals surface area contributed by atoms with Crippen molar-refractivity contribution in [1.29, 1.82) is 0 Å². The standard InChI is InChI=1S/C19H15NO2S/c1-13-7-9-14(10-8-13)20-16-11-18(22)19(12-17(16)21)23-15-5-3-2-4-6-15/h2-12,20H,1H3. The molecule has 1 aliphatic carbocycles. The molecule has 1 aliphatic rings. The Labute approximate surface area is 139 Å². The number of rotatable bonds is 4. The zero-order valence-corrected chi connectivity index (χ0v) is 13.4. The average Bonchev–Trinajstić information content (AvgIpc) is 2.55. The summed E-state index contributed by atoms with van der Waals surface area (Å²) in [6.07, 6.45) is 2.77. The van der Waals surface area contributed by atoms with Crippen LogP contribution in [0.4, 0.5) is 5.69 Å². The highest BCUT2D eigenvalue weighted by Gasteiger charge is 2.21. The summed E-state index contributed by atoms with van der Waals surface area (Å²) in [6, 6.07) is 17.2. The zero-order valence-electron chi connectivity index (χ0n) is 12.6. The number of ketones is 2. The highest BCUT2D eigenvalue weighted by Crippen LogP contribution is 2.30. The molecule has 0 amide bonds. The van der Waals surface area contributed by atoms with E-state index < -0.39 is 0 Å². The fourth-order valence-electron chi connectivity index (χ4n) is 2.13. The number of anilines is 1. The van der Waals surface area contributed by atoms with Gasteiger partial charge in [-0.05, 0) is 31.2 Å². The van der Waals surface area contributed by atoms with Gasteiger partial charge in [-0.3, -0.25) is 9.59 Å². The lowest BCUT2D eigenvalue weighted by atomic mass is 10.1. The summed E-state index contributed by atoms with van der Waals surface area (Å²) in [5.41, 5.74) is 2.23. The Kier molecular flexibility index (Phi) is 4.44. The third-order valence-corrected chi connectivity index (χ3v) is 4.39. The van der Waals surface area contributed by atoms with Gasteiger partial charge in [-0.25, -0.2) is 0 Å². The number of nitrogens with one attached hydrogen (secondary N) is 1. The van der Waals surface area contributed by atoms with Gasteiger partial charge >= 0.3 is 0 Å². The van der Waals surface area contributed by atoms with Crippen LogP contribution in [-0.2, 0) is 9.59 Å². The first-order valence-corrected chi connectivity index (χ1v) is 8.02. The van der Waals surface area contributed by atoms with E-state index in [9.17, 15) is 9.59 Å². The maximum absolute atomic E-state index is 12.2. The van der Waals surface area contributed by atoms with Gasteiger partial charge in [0.2, 0.25) is 5.78 Å². The first-order valence-electron chi connectivity index (χ1n) is 7.20. The van der Waals surface area contributed by atoms with Crippen molar-refractivity contribution in [2.45, 2.75) is 11.8 Å². The van der Waals surface area contributed by atoms with E-state index >= 15 is 0 Å². The van der Waals surface area contributed by atoms with E-state index in [1.165, 1.54) is 23.9 Å². The van der Waals surface area contributed by atoms with Gasteiger partial charge in [0.25, 0.3) is 0 Å². The van der Waals surface area contributed by atoms with Crippen molar-refractivity contribution < 1.29 is 9.59 Å². The zero-order chi connectivity index (χ0) is 16.2. The van der Waals surface area contributed by atoms with Gasteiger partial charge in [0.1, 0.15) is 0 Å². The van der Waals surface area contributed by atoms with Crippen molar-refractivity contribution in [2.24, 2.45) is 0 Å². The number of carbonyl (C=O) groups is 2. The molecular weight excluding hydrogens is 306 g/mol. The van der Waals surface area contributed by atoms with Crippen LogP contribution in [0.2, 0.25) is 0 Å². The molecule has 3 rings (SSSR count). The third-order valence-electron chi connectivity index (χ3n) is 3.35. The fraction of sp³-hybridized carbons (Fsp3) is 0.0526. The van der Waals surface area contributed by atoms with E-state index in [4.69, 9.17) is 0 Å². The smallest absolute Gasteiger partial charge is 0.203 e. The van der Waals surface area contributed by atoms with Crippen LogP contribution >= 0.6 is 11.8 Å². The number of thioether (sulfide) groups is 1. The first kappa shape index (κ1) is 15.3. The molecule has 0 heterocycles. The molecule has 2 aromatic carbocycles. The predicted molar refractivity (Wildman–Crippen MR) is 93.3 cm³/mol. The molecule has 0 radical (unpaired) electrons. The van der Waals surface area contributed by atoms with E-state index in [2.05, 4.69) is 5.32 Å². The molecule has 1 N–H and O–H groups in total. The number of hydrogen-bond donors (Lipinski definition) is 1. The second-order valence-corrected chi connectivity index (χ2v) is 6.32. The maximum atomic E-state index is 12.2. The highest BCUT2D eigenvalue weighted by molar-refractivity contribution is 8.04. The van der Waals surface area contributed by atoms with Gasteiger partial charge in [-0.2, -0.15) is 0 Å². The fourth-order valence-corrected chi connectivity index (χ4v) is 3.00. The molecule has 0 atom stereocenters. The molecule has 0 fully saturated rings. The maximum Gasteiger partial charge on any atom is 0.203 e. The van der Waals surface area contributed by atoms with Gasteiger partial charge < -0.3 is 5.32 Å². The van der Waals surface area contributed by atoms with E-state index in [1.54, 1.807) is 0 Å². The number of benzene rings is 2. The summed E-state index contributed by atoms with van der Waals surface area (Å²) in [5, 5.41) is 3.01. The largest absolute Gasteiger partial charge is 0.352 e. The molecule has 114 valence electrons.